The van der Waals surface area contributed by atoms with Gasteiger partial charge in [0.25, 0.3) is 0 Å². The maximum absolute atomic E-state index is 15.0. The van der Waals surface area contributed by atoms with Crippen LogP contribution in [0, 0.1) is 5.82 Å². The number of pyridine rings is 1. The van der Waals surface area contributed by atoms with E-state index < -0.39 is 5.79 Å². The molecule has 0 saturated carbocycles. The molecule has 3 aromatic rings. The van der Waals surface area contributed by atoms with E-state index in [1.165, 1.54) is 6.07 Å². The number of aromatic nitrogens is 3. The van der Waals surface area contributed by atoms with E-state index in [0.717, 1.165) is 29.7 Å². The minimum absolute atomic E-state index is 0.261. The Hall–Kier alpha value is -2.97. The van der Waals surface area contributed by atoms with E-state index >= 15 is 4.39 Å². The number of fused-ring (bicyclic) bond motifs is 3. The van der Waals surface area contributed by atoms with Crippen molar-refractivity contribution in [2.45, 2.75) is 25.2 Å². The highest BCUT2D eigenvalue weighted by Gasteiger charge is 2.40. The molecule has 2 saturated heterocycles. The van der Waals surface area contributed by atoms with Crippen LogP contribution in [0.1, 0.15) is 18.4 Å². The van der Waals surface area contributed by atoms with Gasteiger partial charge in [0.2, 0.25) is 5.88 Å². The summed E-state index contributed by atoms with van der Waals surface area (Å²) in [7, 11) is 0. The first kappa shape index (κ1) is 17.9. The topological polar surface area (TPSA) is 61.6 Å². The lowest BCUT2D eigenvalue weighted by Crippen LogP contribution is -2.45. The number of piperidine rings is 1. The first-order chi connectivity index (χ1) is 14.7. The molecule has 154 valence electrons. The van der Waals surface area contributed by atoms with Crippen molar-refractivity contribution in [3.63, 3.8) is 0 Å². The second kappa shape index (κ2) is 6.78. The van der Waals surface area contributed by atoms with E-state index in [2.05, 4.69) is 15.0 Å². The molecule has 3 aliphatic heterocycles. The Kier molecular flexibility index (Phi) is 4.04. The fraction of sp³-hybridized carbons (Fsp3) is 0.364. The molecule has 5 heterocycles. The monoisotopic (exact) mass is 408 g/mol. The van der Waals surface area contributed by atoms with Crippen molar-refractivity contribution >= 4 is 5.69 Å². The van der Waals surface area contributed by atoms with Gasteiger partial charge in [-0.3, -0.25) is 0 Å². The van der Waals surface area contributed by atoms with Crippen molar-refractivity contribution < 1.29 is 18.6 Å². The lowest BCUT2D eigenvalue weighted by atomic mass is 10.0. The van der Waals surface area contributed by atoms with Gasteiger partial charge in [-0.25, -0.2) is 14.1 Å². The zero-order valence-corrected chi connectivity index (χ0v) is 16.4. The highest BCUT2D eigenvalue weighted by Crippen LogP contribution is 2.36. The van der Waals surface area contributed by atoms with Gasteiger partial charge in [0.1, 0.15) is 18.1 Å². The average molecular weight is 408 g/mol. The van der Waals surface area contributed by atoms with Gasteiger partial charge in [0.05, 0.1) is 30.2 Å². The molecule has 30 heavy (non-hydrogen) atoms. The van der Waals surface area contributed by atoms with Crippen LogP contribution in [-0.4, -0.2) is 46.9 Å². The predicted octanol–water partition coefficient (Wildman–Crippen LogP) is 3.31. The molecule has 0 atom stereocenters. The fourth-order valence-corrected chi connectivity index (χ4v) is 4.48. The number of anilines is 1. The molecule has 0 aliphatic carbocycles. The molecule has 3 aliphatic rings. The fourth-order valence-electron chi connectivity index (χ4n) is 4.48. The lowest BCUT2D eigenvalue weighted by Gasteiger charge is -2.38. The minimum atomic E-state index is -0.464. The van der Waals surface area contributed by atoms with Crippen LogP contribution in [0.3, 0.4) is 0 Å². The first-order valence-corrected chi connectivity index (χ1v) is 10.2. The number of nitrogens with zero attached hydrogens (tertiary/aromatic N) is 4. The van der Waals surface area contributed by atoms with Gasteiger partial charge in [-0.15, -0.1) is 0 Å². The second-order valence-electron chi connectivity index (χ2n) is 7.82. The maximum atomic E-state index is 15.0. The van der Waals surface area contributed by atoms with Gasteiger partial charge in [0, 0.05) is 50.0 Å². The van der Waals surface area contributed by atoms with Crippen LogP contribution in [0.5, 0.6) is 5.88 Å². The van der Waals surface area contributed by atoms with E-state index in [9.17, 15) is 0 Å². The summed E-state index contributed by atoms with van der Waals surface area (Å²) >= 11 is 0. The summed E-state index contributed by atoms with van der Waals surface area (Å²) in [5, 5.41) is 4.68. The van der Waals surface area contributed by atoms with Crippen molar-refractivity contribution in [2.24, 2.45) is 0 Å². The number of rotatable bonds is 2. The van der Waals surface area contributed by atoms with E-state index in [-0.39, 0.29) is 5.82 Å². The maximum Gasteiger partial charge on any atom is 0.223 e. The molecule has 1 aromatic carbocycles. The van der Waals surface area contributed by atoms with E-state index in [1.807, 2.05) is 30.5 Å². The first-order valence-electron chi connectivity index (χ1n) is 10.2. The highest BCUT2D eigenvalue weighted by molar-refractivity contribution is 5.69. The van der Waals surface area contributed by atoms with E-state index in [0.29, 0.717) is 50.2 Å². The van der Waals surface area contributed by atoms with Crippen LogP contribution in [0.25, 0.3) is 16.9 Å². The van der Waals surface area contributed by atoms with Gasteiger partial charge in [0.15, 0.2) is 5.79 Å². The summed E-state index contributed by atoms with van der Waals surface area (Å²) in [6.07, 6.45) is 5.07. The lowest BCUT2D eigenvalue weighted by molar-refractivity contribution is -0.169. The number of ether oxygens (including phenoxy) is 3. The second-order valence-corrected chi connectivity index (χ2v) is 7.82. The summed E-state index contributed by atoms with van der Waals surface area (Å²) < 4.78 is 34.0. The minimum Gasteiger partial charge on any atom is -0.472 e. The summed E-state index contributed by atoms with van der Waals surface area (Å²) in [6, 6.07) is 9.05. The molecule has 7 nitrogen and oxygen atoms in total. The van der Waals surface area contributed by atoms with Crippen LogP contribution < -0.4 is 9.64 Å². The number of hydrogen-bond donors (Lipinski definition) is 0. The molecular formula is C22H21FN4O3. The zero-order valence-electron chi connectivity index (χ0n) is 16.4. The van der Waals surface area contributed by atoms with Crippen LogP contribution >= 0.6 is 0 Å². The third kappa shape index (κ3) is 2.86. The normalized spacial score (nSPS) is 19.4. The summed E-state index contributed by atoms with van der Waals surface area (Å²) in [4.78, 5) is 6.30. The van der Waals surface area contributed by atoms with Gasteiger partial charge in [-0.1, -0.05) is 0 Å². The van der Waals surface area contributed by atoms with Crippen molar-refractivity contribution in [2.75, 3.05) is 31.2 Å². The van der Waals surface area contributed by atoms with Gasteiger partial charge in [-0.05, 0) is 24.3 Å². The third-order valence-electron chi connectivity index (χ3n) is 6.06. The van der Waals surface area contributed by atoms with Crippen molar-refractivity contribution in [1.29, 1.82) is 0 Å². The summed E-state index contributed by atoms with van der Waals surface area (Å²) in [5.74, 6) is -0.146. The highest BCUT2D eigenvalue weighted by atomic mass is 19.1. The van der Waals surface area contributed by atoms with Crippen LogP contribution in [-0.2, 0) is 16.1 Å². The Morgan fingerprint density at radius 2 is 1.90 bits per heavy atom. The molecule has 0 unspecified atom stereocenters. The Bertz CT molecular complexity index is 1100. The smallest absolute Gasteiger partial charge is 0.223 e. The molecule has 2 aromatic heterocycles. The summed E-state index contributed by atoms with van der Waals surface area (Å²) in [6.45, 7) is 3.09. The van der Waals surface area contributed by atoms with Crippen LogP contribution in [0.15, 0.2) is 42.7 Å². The number of hydrogen-bond acceptors (Lipinski definition) is 6. The van der Waals surface area contributed by atoms with Gasteiger partial charge < -0.3 is 19.1 Å². The molecule has 0 amide bonds. The number of halogens is 1. The Morgan fingerprint density at radius 1 is 1.07 bits per heavy atom. The zero-order chi connectivity index (χ0) is 20.1. The average Bonchev–Trinajstić information content (AvgIpc) is 3.42. The molecule has 8 heteroatoms. The predicted molar refractivity (Wildman–Crippen MR) is 107 cm³/mol. The molecule has 6 rings (SSSR count). The van der Waals surface area contributed by atoms with Crippen LogP contribution in [0.2, 0.25) is 0 Å². The Morgan fingerprint density at radius 3 is 2.70 bits per heavy atom. The molecule has 0 N–H and O–H groups in total. The Balaban J connectivity index is 1.26. The largest absolute Gasteiger partial charge is 0.472 e. The standard InChI is InChI=1S/C22H21FN4O3/c23-18-12-16(3-4-19(18)26-8-5-22(6-9-26)29-10-11-30-22)27-13-15-14-28-21-17(20(15)25-27)2-1-7-24-21/h1-4,7,12-13H,5-6,8-11,14H2. The van der Waals surface area contributed by atoms with Crippen LogP contribution in [0.4, 0.5) is 10.1 Å². The third-order valence-corrected chi connectivity index (χ3v) is 6.06. The molecule has 2 fully saturated rings. The van der Waals surface area contributed by atoms with Gasteiger partial charge >= 0.3 is 0 Å². The Labute approximate surface area is 173 Å². The van der Waals surface area contributed by atoms with Gasteiger partial charge in [-0.2, -0.15) is 5.10 Å². The van der Waals surface area contributed by atoms with E-state index in [1.54, 1.807) is 10.9 Å². The molecule has 1 spiro atoms. The quantitative estimate of drug-likeness (QED) is 0.648. The van der Waals surface area contributed by atoms with Crippen molar-refractivity contribution in [3.05, 3.63) is 54.1 Å². The van der Waals surface area contributed by atoms with Crippen molar-refractivity contribution in [1.82, 2.24) is 14.8 Å². The molecule has 0 radical (unpaired) electrons. The SMILES string of the molecule is Fc1cc(-n2cc3c(n2)-c2cccnc2OC3)ccc1N1CCC2(CC1)OCCO2. The van der Waals surface area contributed by atoms with Crippen molar-refractivity contribution in [3.8, 4) is 22.8 Å². The molecule has 0 bridgehead atoms. The molecular weight excluding hydrogens is 387 g/mol. The number of benzene rings is 1. The van der Waals surface area contributed by atoms with E-state index in [4.69, 9.17) is 14.2 Å². The summed E-state index contributed by atoms with van der Waals surface area (Å²) in [5.41, 5.74) is 3.91.